The van der Waals surface area contributed by atoms with Gasteiger partial charge in [-0.2, -0.15) is 8.78 Å². The highest BCUT2D eigenvalue weighted by Gasteiger charge is 2.36. The first-order valence-electron chi connectivity index (χ1n) is 8.62. The van der Waals surface area contributed by atoms with Gasteiger partial charge in [-0.25, -0.2) is 9.98 Å². The molecule has 0 amide bonds. The largest absolute Gasteiger partial charge is 0.379 e. The fourth-order valence-electron chi connectivity index (χ4n) is 3.02. The van der Waals surface area contributed by atoms with Gasteiger partial charge >= 0.3 is 6.61 Å². The van der Waals surface area contributed by atoms with E-state index in [1.807, 2.05) is 6.92 Å². The minimum Gasteiger partial charge on any atom is -0.379 e. The number of carbonyl (C=O) groups excluding carboxylic acids is 1. The Balaban J connectivity index is 1.77. The molecule has 0 spiro atoms. The number of carbonyl (C=O) groups is 1. The first-order chi connectivity index (χ1) is 13.8. The Morgan fingerprint density at radius 3 is 3.00 bits per heavy atom. The van der Waals surface area contributed by atoms with Crippen LogP contribution in [0.3, 0.4) is 0 Å². The number of amidine groups is 1. The van der Waals surface area contributed by atoms with E-state index in [0.717, 1.165) is 5.56 Å². The van der Waals surface area contributed by atoms with Crippen LogP contribution in [0.5, 0.6) is 0 Å². The van der Waals surface area contributed by atoms with Gasteiger partial charge in [-0.3, -0.25) is 9.78 Å². The molecule has 1 aliphatic rings. The first-order valence-corrected chi connectivity index (χ1v) is 10.3. The molecule has 10 heteroatoms. The highest BCUT2D eigenvalue weighted by molar-refractivity contribution is 8.14. The number of hydrogen-bond donors (Lipinski definition) is 1. The summed E-state index contributed by atoms with van der Waals surface area (Å²) < 4.78 is 29.2. The number of halogens is 2. The summed E-state index contributed by atoms with van der Waals surface area (Å²) in [6, 6.07) is 3.52. The van der Waals surface area contributed by atoms with Crippen LogP contribution in [0.15, 0.2) is 29.5 Å². The molecule has 2 N–H and O–H groups in total. The van der Waals surface area contributed by atoms with E-state index in [4.69, 9.17) is 12.2 Å². The van der Waals surface area contributed by atoms with Gasteiger partial charge in [-0.05, 0) is 31.0 Å². The Morgan fingerprint density at radius 1 is 1.52 bits per heavy atom. The average molecular weight is 437 g/mol. The van der Waals surface area contributed by atoms with Crippen molar-refractivity contribution in [2.45, 2.75) is 37.2 Å². The zero-order valence-electron chi connectivity index (χ0n) is 15.5. The van der Waals surface area contributed by atoms with E-state index >= 15 is 0 Å². The number of thiazole rings is 1. The second kappa shape index (κ2) is 8.98. The average Bonchev–Trinajstić information content (AvgIpc) is 3.15. The molecule has 2 aromatic rings. The number of nitrogens with zero attached hydrogens (tertiary/aromatic N) is 3. The Bertz CT molecular complexity index is 973. The standard InChI is InChI=1S/C19H18F2N4O2S2/c1-3-12-9-24-16(28-12)14(26)6-11-4-5-23-15(7-11)19(2)8-13(10-27-17(20)21)29-18(22)25-19/h1,4-5,7,9,13,17H,6,8,10H2,2H3,(H2,22,25)/t13-,19-/m0/s1. The molecule has 29 heavy (non-hydrogen) atoms. The van der Waals surface area contributed by atoms with E-state index in [1.54, 1.807) is 18.3 Å². The van der Waals surface area contributed by atoms with Crippen LogP contribution >= 0.6 is 23.1 Å². The van der Waals surface area contributed by atoms with Crippen molar-refractivity contribution in [3.8, 4) is 12.3 Å². The predicted molar refractivity (Wildman–Crippen MR) is 109 cm³/mol. The van der Waals surface area contributed by atoms with Crippen LogP contribution in [0.4, 0.5) is 8.78 Å². The Kier molecular flexibility index (Phi) is 6.62. The lowest BCUT2D eigenvalue weighted by Gasteiger charge is -2.33. The number of thioether (sulfide) groups is 1. The van der Waals surface area contributed by atoms with Crippen LogP contribution in [0.1, 0.15) is 39.3 Å². The van der Waals surface area contributed by atoms with Crippen LogP contribution in [0.25, 0.3) is 0 Å². The number of aromatic nitrogens is 2. The van der Waals surface area contributed by atoms with Crippen LogP contribution in [0, 0.1) is 12.3 Å². The molecule has 0 saturated heterocycles. The van der Waals surface area contributed by atoms with Crippen molar-refractivity contribution in [2.75, 3.05) is 6.61 Å². The summed E-state index contributed by atoms with van der Waals surface area (Å²) >= 11 is 2.38. The van der Waals surface area contributed by atoms with E-state index in [-0.39, 0.29) is 29.2 Å². The van der Waals surface area contributed by atoms with E-state index in [1.165, 1.54) is 29.3 Å². The molecular formula is C19H18F2N4O2S2. The van der Waals surface area contributed by atoms with E-state index in [0.29, 0.717) is 22.0 Å². The third-order valence-corrected chi connectivity index (χ3v) is 6.24. The van der Waals surface area contributed by atoms with Crippen molar-refractivity contribution in [3.05, 3.63) is 45.7 Å². The molecule has 0 radical (unpaired) electrons. The molecule has 152 valence electrons. The summed E-state index contributed by atoms with van der Waals surface area (Å²) in [5.74, 6) is 2.31. The molecule has 3 rings (SSSR count). The number of nitrogens with two attached hydrogens (primary N) is 1. The summed E-state index contributed by atoms with van der Waals surface area (Å²) in [5, 5.41) is 0.355. The van der Waals surface area contributed by atoms with Gasteiger partial charge in [0.25, 0.3) is 0 Å². The topological polar surface area (TPSA) is 90.5 Å². The zero-order valence-corrected chi connectivity index (χ0v) is 17.1. The molecule has 0 aliphatic carbocycles. The van der Waals surface area contributed by atoms with Crippen LogP contribution in [0.2, 0.25) is 0 Å². The maximum absolute atomic E-state index is 12.5. The fourth-order valence-corrected chi connectivity index (χ4v) is 4.83. The highest BCUT2D eigenvalue weighted by Crippen LogP contribution is 2.38. The quantitative estimate of drug-likeness (QED) is 0.529. The number of terminal acetylenes is 1. The van der Waals surface area contributed by atoms with Crippen molar-refractivity contribution in [3.63, 3.8) is 0 Å². The van der Waals surface area contributed by atoms with Crippen molar-refractivity contribution in [2.24, 2.45) is 10.7 Å². The van der Waals surface area contributed by atoms with Gasteiger partial charge in [-0.15, -0.1) is 17.8 Å². The minimum atomic E-state index is -2.84. The summed E-state index contributed by atoms with van der Waals surface area (Å²) in [7, 11) is 0. The number of hydrogen-bond acceptors (Lipinski definition) is 8. The molecule has 3 heterocycles. The van der Waals surface area contributed by atoms with Gasteiger partial charge in [0.15, 0.2) is 16.0 Å². The Morgan fingerprint density at radius 2 is 2.31 bits per heavy atom. The number of Topliss-reactive ketones (excluding diaryl/α,β-unsaturated/α-hetero) is 1. The Hall–Kier alpha value is -2.35. The highest BCUT2D eigenvalue weighted by atomic mass is 32.2. The molecular weight excluding hydrogens is 418 g/mol. The van der Waals surface area contributed by atoms with Gasteiger partial charge in [0.2, 0.25) is 0 Å². The maximum atomic E-state index is 12.5. The molecule has 2 aromatic heterocycles. The van der Waals surface area contributed by atoms with Gasteiger partial charge in [0, 0.05) is 17.9 Å². The van der Waals surface area contributed by atoms with Crippen LogP contribution in [-0.4, -0.2) is 39.4 Å². The van der Waals surface area contributed by atoms with Crippen LogP contribution < -0.4 is 5.73 Å². The first kappa shape index (κ1) is 21.4. The predicted octanol–water partition coefficient (Wildman–Crippen LogP) is 3.22. The third kappa shape index (κ3) is 5.38. The molecule has 6 nitrogen and oxygen atoms in total. The Labute approximate surface area is 175 Å². The molecule has 0 fully saturated rings. The van der Waals surface area contributed by atoms with Crippen molar-refractivity contribution in [1.82, 2.24) is 9.97 Å². The summed E-state index contributed by atoms with van der Waals surface area (Å²) in [4.78, 5) is 26.0. The number of alkyl halides is 2. The molecule has 2 atom stereocenters. The van der Waals surface area contributed by atoms with E-state index in [9.17, 15) is 13.6 Å². The molecule has 1 aliphatic heterocycles. The second-order valence-corrected chi connectivity index (χ2v) is 8.94. The van der Waals surface area contributed by atoms with Gasteiger partial charge in [-0.1, -0.05) is 17.7 Å². The lowest BCUT2D eigenvalue weighted by atomic mass is 9.90. The SMILES string of the molecule is C#Cc1cnc(C(=O)Cc2ccnc([C@]3(C)C[C@@H](COC(F)F)SC(N)=N3)c2)s1. The van der Waals surface area contributed by atoms with Crippen LogP contribution in [-0.2, 0) is 16.7 Å². The third-order valence-electron chi connectivity index (χ3n) is 4.30. The molecule has 0 unspecified atom stereocenters. The maximum Gasteiger partial charge on any atom is 0.345 e. The van der Waals surface area contributed by atoms with Crippen molar-refractivity contribution in [1.29, 1.82) is 0 Å². The zero-order chi connectivity index (χ0) is 21.0. The molecule has 0 bridgehead atoms. The second-order valence-electron chi connectivity index (χ2n) is 6.59. The summed E-state index contributed by atoms with van der Waals surface area (Å²) in [6.45, 7) is -1.15. The number of rotatable bonds is 7. The fraction of sp³-hybridized carbons (Fsp3) is 0.368. The minimum absolute atomic E-state index is 0.134. The van der Waals surface area contributed by atoms with Gasteiger partial charge in [0.05, 0.1) is 23.4 Å². The number of aliphatic imine (C=N–C) groups is 1. The van der Waals surface area contributed by atoms with Crippen molar-refractivity contribution < 1.29 is 18.3 Å². The number of ether oxygens (including phenoxy) is 1. The van der Waals surface area contributed by atoms with Gasteiger partial charge < -0.3 is 10.5 Å². The monoisotopic (exact) mass is 436 g/mol. The molecule has 0 aromatic carbocycles. The summed E-state index contributed by atoms with van der Waals surface area (Å²) in [6.07, 6.45) is 8.97. The van der Waals surface area contributed by atoms with E-state index in [2.05, 4.69) is 25.6 Å². The normalized spacial score (nSPS) is 21.6. The smallest absolute Gasteiger partial charge is 0.345 e. The van der Waals surface area contributed by atoms with Gasteiger partial charge in [0.1, 0.15) is 5.54 Å². The number of pyridine rings is 1. The van der Waals surface area contributed by atoms with E-state index < -0.39 is 12.2 Å². The lowest BCUT2D eigenvalue weighted by molar-refractivity contribution is -0.128. The number of ketones is 1. The summed E-state index contributed by atoms with van der Waals surface area (Å²) in [5.41, 5.74) is 6.47. The lowest BCUT2D eigenvalue weighted by Crippen LogP contribution is -2.36. The van der Waals surface area contributed by atoms with Crippen molar-refractivity contribution >= 4 is 34.0 Å². The molecule has 0 saturated carbocycles.